The summed E-state index contributed by atoms with van der Waals surface area (Å²) < 4.78 is 5.36. The van der Waals surface area contributed by atoms with Crippen LogP contribution in [0.15, 0.2) is 17.8 Å². The van der Waals surface area contributed by atoms with Crippen LogP contribution in [0.2, 0.25) is 0 Å². The third kappa shape index (κ3) is 8.26. The zero-order valence-electron chi connectivity index (χ0n) is 9.98. The molecule has 0 aliphatic heterocycles. The summed E-state index contributed by atoms with van der Waals surface area (Å²) in [6.45, 7) is 7.82. The first-order valence-electron chi connectivity index (χ1n) is 5.63. The van der Waals surface area contributed by atoms with E-state index in [1.165, 1.54) is 0 Å². The zero-order chi connectivity index (χ0) is 12.2. The number of nitrogens with two attached hydrogens (primary N) is 1. The molecular formula is C11H23N3O2. The lowest BCUT2D eigenvalue weighted by Crippen LogP contribution is -2.35. The second-order valence-corrected chi connectivity index (χ2v) is 3.54. The van der Waals surface area contributed by atoms with Gasteiger partial charge in [0.1, 0.15) is 5.84 Å². The molecule has 5 nitrogen and oxygen atoms in total. The van der Waals surface area contributed by atoms with Gasteiger partial charge in [0.15, 0.2) is 0 Å². The number of nitrogens with one attached hydrogen (secondary N) is 1. The van der Waals surface area contributed by atoms with Crippen LogP contribution in [0.5, 0.6) is 0 Å². The second kappa shape index (κ2) is 10.4. The van der Waals surface area contributed by atoms with Gasteiger partial charge in [0.25, 0.3) is 0 Å². The van der Waals surface area contributed by atoms with Crippen molar-refractivity contribution in [1.82, 2.24) is 5.32 Å². The van der Waals surface area contributed by atoms with E-state index in [-0.39, 0.29) is 11.9 Å². The maximum Gasteiger partial charge on any atom is 0.140 e. The van der Waals surface area contributed by atoms with Gasteiger partial charge < -0.3 is 21.0 Å². The molecule has 1 unspecified atom stereocenters. The molecule has 0 aliphatic rings. The summed E-state index contributed by atoms with van der Waals surface area (Å²) in [6, 6.07) is 0.235. The number of hydrogen-bond donors (Lipinski definition) is 3. The monoisotopic (exact) mass is 229 g/mol. The zero-order valence-corrected chi connectivity index (χ0v) is 9.98. The quantitative estimate of drug-likeness (QED) is 0.131. The Kier molecular flexibility index (Phi) is 9.75. The van der Waals surface area contributed by atoms with Gasteiger partial charge in [-0.3, -0.25) is 0 Å². The molecule has 0 aromatic rings. The highest BCUT2D eigenvalue weighted by Gasteiger charge is 2.07. The number of nitrogens with zero attached hydrogens (tertiary/aromatic N) is 1. The number of ether oxygens (including phenoxy) is 1. The highest BCUT2D eigenvalue weighted by atomic mass is 16.5. The van der Waals surface area contributed by atoms with Gasteiger partial charge in [-0.15, -0.1) is 6.58 Å². The first-order valence-corrected chi connectivity index (χ1v) is 5.63. The van der Waals surface area contributed by atoms with Gasteiger partial charge in [0.05, 0.1) is 13.2 Å². The van der Waals surface area contributed by atoms with Crippen LogP contribution in [0.1, 0.15) is 26.2 Å². The molecule has 0 heterocycles. The van der Waals surface area contributed by atoms with E-state index >= 15 is 0 Å². The molecule has 1 atom stereocenters. The Hall–Kier alpha value is -1.07. The van der Waals surface area contributed by atoms with Gasteiger partial charge in [-0.1, -0.05) is 18.2 Å². The van der Waals surface area contributed by atoms with Gasteiger partial charge in [-0.05, 0) is 12.8 Å². The van der Waals surface area contributed by atoms with E-state index in [4.69, 9.17) is 15.7 Å². The van der Waals surface area contributed by atoms with Crippen LogP contribution in [-0.4, -0.2) is 36.8 Å². The molecular weight excluding hydrogens is 206 g/mol. The molecule has 0 fully saturated rings. The maximum atomic E-state index is 8.45. The fourth-order valence-corrected chi connectivity index (χ4v) is 1.26. The fraction of sp³-hybridized carbons (Fsp3) is 0.727. The summed E-state index contributed by atoms with van der Waals surface area (Å²) >= 11 is 0. The lowest BCUT2D eigenvalue weighted by Gasteiger charge is -2.15. The Morgan fingerprint density at radius 2 is 2.38 bits per heavy atom. The third-order valence-corrected chi connectivity index (χ3v) is 2.22. The van der Waals surface area contributed by atoms with E-state index in [1.807, 2.05) is 6.08 Å². The van der Waals surface area contributed by atoms with Gasteiger partial charge in [0, 0.05) is 19.0 Å². The van der Waals surface area contributed by atoms with E-state index in [0.717, 1.165) is 19.4 Å². The minimum absolute atomic E-state index is 0.235. The number of hydrogen-bond acceptors (Lipinski definition) is 4. The van der Waals surface area contributed by atoms with E-state index in [2.05, 4.69) is 24.0 Å². The predicted molar refractivity (Wildman–Crippen MR) is 65.7 cm³/mol. The molecule has 16 heavy (non-hydrogen) atoms. The van der Waals surface area contributed by atoms with Gasteiger partial charge >= 0.3 is 0 Å². The van der Waals surface area contributed by atoms with Crippen molar-refractivity contribution in [2.75, 3.05) is 19.8 Å². The Morgan fingerprint density at radius 1 is 1.62 bits per heavy atom. The lowest BCUT2D eigenvalue weighted by molar-refractivity contribution is 0.138. The normalized spacial score (nSPS) is 13.7. The van der Waals surface area contributed by atoms with Crippen molar-refractivity contribution in [1.29, 1.82) is 0 Å². The van der Waals surface area contributed by atoms with Crippen LogP contribution in [0.25, 0.3) is 0 Å². The number of amidine groups is 1. The topological polar surface area (TPSA) is 79.9 Å². The first-order chi connectivity index (χ1) is 7.74. The molecule has 0 saturated heterocycles. The van der Waals surface area contributed by atoms with Crippen molar-refractivity contribution in [3.8, 4) is 0 Å². The van der Waals surface area contributed by atoms with Gasteiger partial charge in [-0.25, -0.2) is 0 Å². The van der Waals surface area contributed by atoms with Gasteiger partial charge in [0.2, 0.25) is 0 Å². The third-order valence-electron chi connectivity index (χ3n) is 2.22. The first kappa shape index (κ1) is 14.9. The molecule has 0 aromatic carbocycles. The number of oxime groups is 1. The Bertz CT molecular complexity index is 207. The largest absolute Gasteiger partial charge is 0.409 e. The molecule has 0 spiro atoms. The van der Waals surface area contributed by atoms with E-state index in [0.29, 0.717) is 19.6 Å². The van der Waals surface area contributed by atoms with Crippen LogP contribution in [0, 0.1) is 0 Å². The van der Waals surface area contributed by atoms with Crippen molar-refractivity contribution in [2.24, 2.45) is 10.9 Å². The number of rotatable bonds is 10. The molecule has 0 radical (unpaired) electrons. The van der Waals surface area contributed by atoms with Crippen LogP contribution in [-0.2, 0) is 4.74 Å². The summed E-state index contributed by atoms with van der Waals surface area (Å²) in [5.41, 5.74) is 5.44. The minimum Gasteiger partial charge on any atom is -0.409 e. The predicted octanol–water partition coefficient (Wildman–Crippen LogP) is 1.08. The lowest BCUT2D eigenvalue weighted by atomic mass is 10.1. The highest BCUT2D eigenvalue weighted by molar-refractivity contribution is 5.80. The molecule has 0 aromatic heterocycles. The van der Waals surface area contributed by atoms with Crippen molar-refractivity contribution in [2.45, 2.75) is 32.2 Å². The summed E-state index contributed by atoms with van der Waals surface area (Å²) in [6.07, 6.45) is 4.20. The average Bonchev–Trinajstić information content (AvgIpc) is 2.31. The minimum atomic E-state index is 0.235. The highest BCUT2D eigenvalue weighted by Crippen LogP contribution is 1.97. The van der Waals surface area contributed by atoms with E-state index in [1.54, 1.807) is 0 Å². The maximum absolute atomic E-state index is 8.45. The fourth-order valence-electron chi connectivity index (χ4n) is 1.26. The van der Waals surface area contributed by atoms with Crippen molar-refractivity contribution >= 4 is 5.84 Å². The summed E-state index contributed by atoms with van der Waals surface area (Å²) in [4.78, 5) is 0. The van der Waals surface area contributed by atoms with Crippen LogP contribution >= 0.6 is 0 Å². The summed E-state index contributed by atoms with van der Waals surface area (Å²) in [7, 11) is 0. The van der Waals surface area contributed by atoms with Gasteiger partial charge in [-0.2, -0.15) is 0 Å². The molecule has 0 bridgehead atoms. The Labute approximate surface area is 97.3 Å². The standard InChI is InChI=1S/C11H23N3O2/c1-3-5-7-16-8-6-13-10(4-2)9-11(12)14-15/h3,10,13,15H,1,4-9H2,2H3,(H2,12,14). The van der Waals surface area contributed by atoms with Crippen LogP contribution < -0.4 is 11.1 Å². The second-order valence-electron chi connectivity index (χ2n) is 3.54. The van der Waals surface area contributed by atoms with Crippen LogP contribution in [0.3, 0.4) is 0 Å². The average molecular weight is 229 g/mol. The Morgan fingerprint density at radius 3 is 2.94 bits per heavy atom. The van der Waals surface area contributed by atoms with Crippen molar-refractivity contribution in [3.63, 3.8) is 0 Å². The Balaban J connectivity index is 3.51. The molecule has 94 valence electrons. The summed E-state index contributed by atoms with van der Waals surface area (Å²) in [5.74, 6) is 0.256. The SMILES string of the molecule is C=CCCOCCNC(CC)C/C(N)=N/O. The van der Waals surface area contributed by atoms with E-state index in [9.17, 15) is 0 Å². The van der Waals surface area contributed by atoms with Crippen molar-refractivity contribution < 1.29 is 9.94 Å². The molecule has 5 heteroatoms. The van der Waals surface area contributed by atoms with E-state index < -0.39 is 0 Å². The molecule has 0 amide bonds. The van der Waals surface area contributed by atoms with Crippen LogP contribution in [0.4, 0.5) is 0 Å². The van der Waals surface area contributed by atoms with Crippen molar-refractivity contribution in [3.05, 3.63) is 12.7 Å². The summed E-state index contributed by atoms with van der Waals surface area (Å²) in [5, 5.41) is 14.7. The molecule has 0 aliphatic carbocycles. The molecule has 4 N–H and O–H groups in total. The molecule has 0 saturated carbocycles. The smallest absolute Gasteiger partial charge is 0.140 e. The molecule has 0 rings (SSSR count).